The van der Waals surface area contributed by atoms with Gasteiger partial charge < -0.3 is 15.5 Å². The summed E-state index contributed by atoms with van der Waals surface area (Å²) < 4.78 is 0. The minimum atomic E-state index is -0.525. The van der Waals surface area contributed by atoms with Crippen LogP contribution < -0.4 is 5.73 Å². The highest BCUT2D eigenvalue weighted by atomic mass is 32.1. The second-order valence-electron chi connectivity index (χ2n) is 5.69. The molecule has 0 radical (unpaired) electrons. The fourth-order valence-corrected chi connectivity index (χ4v) is 3.43. The van der Waals surface area contributed by atoms with Crippen molar-refractivity contribution in [3.05, 3.63) is 0 Å². The van der Waals surface area contributed by atoms with Crippen molar-refractivity contribution in [1.82, 2.24) is 9.80 Å². The normalized spacial score (nSPS) is 33.0. The molecule has 2 aliphatic rings. The Hall–Kier alpha value is -0.680. The average molecular weight is 269 g/mol. The predicted molar refractivity (Wildman–Crippen MR) is 76.3 cm³/mol. The van der Waals surface area contributed by atoms with Gasteiger partial charge >= 0.3 is 0 Å². The molecule has 0 unspecified atom stereocenters. The summed E-state index contributed by atoms with van der Waals surface area (Å²) in [4.78, 5) is 17.3. The molecule has 4 nitrogen and oxygen atoms in total. The highest BCUT2D eigenvalue weighted by Gasteiger charge is 2.52. The van der Waals surface area contributed by atoms with Crippen molar-refractivity contribution < 1.29 is 4.79 Å². The van der Waals surface area contributed by atoms with Crippen LogP contribution in [0.4, 0.5) is 0 Å². The van der Waals surface area contributed by atoms with Gasteiger partial charge in [-0.3, -0.25) is 4.79 Å². The smallest absolute Gasteiger partial charge is 0.235 e. The second kappa shape index (κ2) is 5.13. The van der Waals surface area contributed by atoms with Gasteiger partial charge in [0.1, 0.15) is 0 Å². The van der Waals surface area contributed by atoms with E-state index in [-0.39, 0.29) is 5.91 Å². The lowest BCUT2D eigenvalue weighted by Gasteiger charge is -2.48. The fourth-order valence-electron chi connectivity index (χ4n) is 3.18. The lowest BCUT2D eigenvalue weighted by Crippen LogP contribution is -2.60. The number of nitrogens with two attached hydrogens (primary N) is 1. The maximum absolute atomic E-state index is 12.6. The summed E-state index contributed by atoms with van der Waals surface area (Å²) >= 11 is 5.15. The number of thiocarbonyl (C=S) groups is 1. The number of piperazine rings is 1. The van der Waals surface area contributed by atoms with E-state index in [9.17, 15) is 4.79 Å². The summed E-state index contributed by atoms with van der Waals surface area (Å²) in [5.74, 6) is 0.733. The van der Waals surface area contributed by atoms with Crippen LogP contribution in [-0.4, -0.2) is 53.4 Å². The van der Waals surface area contributed by atoms with Crippen LogP contribution in [-0.2, 0) is 4.79 Å². The van der Waals surface area contributed by atoms with E-state index in [2.05, 4.69) is 18.7 Å². The molecule has 2 N–H and O–H groups in total. The van der Waals surface area contributed by atoms with Crippen molar-refractivity contribution in [2.45, 2.75) is 26.7 Å². The van der Waals surface area contributed by atoms with Crippen LogP contribution in [0.1, 0.15) is 26.7 Å². The van der Waals surface area contributed by atoms with E-state index in [0.717, 1.165) is 45.6 Å². The molecule has 0 aromatic heterocycles. The van der Waals surface area contributed by atoms with E-state index in [1.807, 2.05) is 4.90 Å². The summed E-state index contributed by atoms with van der Waals surface area (Å²) in [5.41, 5.74) is 5.30. The minimum Gasteiger partial charge on any atom is -0.392 e. The summed E-state index contributed by atoms with van der Waals surface area (Å²) in [6.45, 7) is 8.91. The van der Waals surface area contributed by atoms with Gasteiger partial charge in [0.15, 0.2) is 0 Å². The van der Waals surface area contributed by atoms with Crippen molar-refractivity contribution in [1.29, 1.82) is 0 Å². The third-order valence-electron chi connectivity index (χ3n) is 4.38. The van der Waals surface area contributed by atoms with Gasteiger partial charge in [0.25, 0.3) is 0 Å². The number of rotatable bonds is 3. The Labute approximate surface area is 114 Å². The Morgan fingerprint density at radius 2 is 1.89 bits per heavy atom. The molecule has 1 amide bonds. The Bertz CT molecular complexity index is 344. The Kier molecular flexibility index (Phi) is 3.92. The third-order valence-corrected chi connectivity index (χ3v) is 4.77. The summed E-state index contributed by atoms with van der Waals surface area (Å²) in [5, 5.41) is 0. The highest BCUT2D eigenvalue weighted by Crippen LogP contribution is 2.47. The third kappa shape index (κ3) is 2.26. The molecule has 0 aromatic carbocycles. The van der Waals surface area contributed by atoms with Gasteiger partial charge in [0, 0.05) is 26.2 Å². The summed E-state index contributed by atoms with van der Waals surface area (Å²) in [6.07, 6.45) is 1.66. The first-order valence-corrected chi connectivity index (χ1v) is 7.22. The first-order valence-electron chi connectivity index (χ1n) is 6.81. The van der Waals surface area contributed by atoms with Crippen molar-refractivity contribution >= 4 is 23.1 Å². The number of carbonyl (C=O) groups is 1. The van der Waals surface area contributed by atoms with Crippen LogP contribution in [0.25, 0.3) is 0 Å². The van der Waals surface area contributed by atoms with E-state index >= 15 is 0 Å². The van der Waals surface area contributed by atoms with Crippen LogP contribution in [0.15, 0.2) is 0 Å². The molecule has 2 fully saturated rings. The van der Waals surface area contributed by atoms with Gasteiger partial charge in [-0.25, -0.2) is 0 Å². The van der Waals surface area contributed by atoms with E-state index in [1.54, 1.807) is 0 Å². The molecular weight excluding hydrogens is 246 g/mol. The van der Waals surface area contributed by atoms with Crippen LogP contribution in [0.3, 0.4) is 0 Å². The van der Waals surface area contributed by atoms with Crippen LogP contribution in [0.5, 0.6) is 0 Å². The first-order chi connectivity index (χ1) is 8.49. The number of nitrogens with zero attached hydrogens (tertiary/aromatic N) is 2. The SMILES string of the molecule is CCN1CCN(C(=O)C2(C(N)=S)CC(C)C2)CC1. The van der Waals surface area contributed by atoms with Crippen LogP contribution in [0.2, 0.25) is 0 Å². The molecule has 1 aliphatic heterocycles. The predicted octanol–water partition coefficient (Wildman–Crippen LogP) is 0.853. The molecule has 18 heavy (non-hydrogen) atoms. The Morgan fingerprint density at radius 1 is 1.33 bits per heavy atom. The van der Waals surface area contributed by atoms with Gasteiger partial charge in [-0.15, -0.1) is 0 Å². The zero-order valence-electron chi connectivity index (χ0n) is 11.3. The van der Waals surface area contributed by atoms with Gasteiger partial charge in [-0.05, 0) is 25.3 Å². The standard InChI is InChI=1S/C13H23N3OS/c1-3-15-4-6-16(7-5-15)12(17)13(11(14)18)8-10(2)9-13/h10H,3-9H2,1-2H3,(H2,14,18). The molecule has 1 saturated carbocycles. The average Bonchev–Trinajstić information content (AvgIpc) is 2.33. The summed E-state index contributed by atoms with van der Waals surface area (Å²) in [6, 6.07) is 0. The number of hydrogen-bond donors (Lipinski definition) is 1. The Balaban J connectivity index is 2.01. The summed E-state index contributed by atoms with van der Waals surface area (Å²) in [7, 11) is 0. The van der Waals surface area contributed by atoms with E-state index < -0.39 is 5.41 Å². The maximum Gasteiger partial charge on any atom is 0.235 e. The number of likely N-dealkylation sites (N-methyl/N-ethyl adjacent to an activating group) is 1. The molecule has 0 atom stereocenters. The highest BCUT2D eigenvalue weighted by molar-refractivity contribution is 7.80. The molecular formula is C13H23N3OS. The number of carbonyl (C=O) groups excluding carboxylic acids is 1. The Morgan fingerprint density at radius 3 is 2.28 bits per heavy atom. The number of hydrogen-bond acceptors (Lipinski definition) is 3. The van der Waals surface area contributed by atoms with Crippen molar-refractivity contribution in [2.24, 2.45) is 17.1 Å². The molecule has 102 valence electrons. The lowest BCUT2D eigenvalue weighted by atomic mass is 9.61. The van der Waals surface area contributed by atoms with E-state index in [1.165, 1.54) is 0 Å². The van der Waals surface area contributed by atoms with Gasteiger partial charge in [0.2, 0.25) is 5.91 Å². The zero-order valence-corrected chi connectivity index (χ0v) is 12.1. The molecule has 1 saturated heterocycles. The van der Waals surface area contributed by atoms with Crippen molar-refractivity contribution in [2.75, 3.05) is 32.7 Å². The molecule has 2 rings (SSSR count). The fraction of sp³-hybridized carbons (Fsp3) is 0.846. The molecule has 5 heteroatoms. The van der Waals surface area contributed by atoms with E-state index in [0.29, 0.717) is 10.9 Å². The monoisotopic (exact) mass is 269 g/mol. The quantitative estimate of drug-likeness (QED) is 0.772. The molecule has 0 aromatic rings. The van der Waals surface area contributed by atoms with Crippen LogP contribution >= 0.6 is 12.2 Å². The van der Waals surface area contributed by atoms with Crippen LogP contribution in [0, 0.1) is 11.3 Å². The maximum atomic E-state index is 12.6. The minimum absolute atomic E-state index is 0.170. The van der Waals surface area contributed by atoms with Gasteiger partial charge in [0.05, 0.1) is 10.4 Å². The molecule has 1 heterocycles. The molecule has 0 spiro atoms. The molecule has 1 aliphatic carbocycles. The first kappa shape index (κ1) is 13.7. The lowest BCUT2D eigenvalue weighted by molar-refractivity contribution is -0.145. The van der Waals surface area contributed by atoms with Crippen molar-refractivity contribution in [3.63, 3.8) is 0 Å². The number of amides is 1. The van der Waals surface area contributed by atoms with E-state index in [4.69, 9.17) is 18.0 Å². The zero-order chi connectivity index (χ0) is 13.3. The molecule has 0 bridgehead atoms. The van der Waals surface area contributed by atoms with Crippen molar-refractivity contribution in [3.8, 4) is 0 Å². The van der Waals surface area contributed by atoms with Gasteiger partial charge in [-0.1, -0.05) is 26.1 Å². The second-order valence-corrected chi connectivity index (χ2v) is 6.13. The topological polar surface area (TPSA) is 49.6 Å². The van der Waals surface area contributed by atoms with Gasteiger partial charge in [-0.2, -0.15) is 0 Å². The largest absolute Gasteiger partial charge is 0.392 e.